The summed E-state index contributed by atoms with van der Waals surface area (Å²) < 4.78 is 37.8. The summed E-state index contributed by atoms with van der Waals surface area (Å²) in [6, 6.07) is 4.90. The van der Waals surface area contributed by atoms with E-state index in [1.54, 1.807) is 11.9 Å². The third kappa shape index (κ3) is 3.61. The number of allylic oxidation sites excluding steroid dienone is 2. The molecule has 1 aromatic rings. The van der Waals surface area contributed by atoms with Gasteiger partial charge in [-0.2, -0.15) is 13.2 Å². The molecule has 0 saturated carbocycles. The molecule has 0 aromatic heterocycles. The number of carbonyl (C=O) groups is 2. The van der Waals surface area contributed by atoms with Crippen molar-refractivity contribution in [2.45, 2.75) is 25.6 Å². The number of benzene rings is 1. The first kappa shape index (κ1) is 17.7. The number of nitrogens with zero attached hydrogens (tertiary/aromatic N) is 2. The van der Waals surface area contributed by atoms with Gasteiger partial charge in [0.15, 0.2) is 0 Å². The van der Waals surface area contributed by atoms with E-state index in [0.29, 0.717) is 24.9 Å². The molecule has 2 aliphatic rings. The lowest BCUT2D eigenvalue weighted by Crippen LogP contribution is -2.40. The number of imide groups is 1. The number of likely N-dealkylation sites (tertiary alicyclic amines) is 1. The number of amides is 2. The number of rotatable bonds is 4. The van der Waals surface area contributed by atoms with Crippen molar-refractivity contribution in [2.24, 2.45) is 11.8 Å². The zero-order chi connectivity index (χ0) is 18.2. The Kier molecular flexibility index (Phi) is 4.69. The highest BCUT2D eigenvalue weighted by Gasteiger charge is 2.47. The van der Waals surface area contributed by atoms with Crippen LogP contribution in [-0.4, -0.2) is 35.3 Å². The zero-order valence-corrected chi connectivity index (χ0v) is 13.8. The molecule has 1 aliphatic carbocycles. The van der Waals surface area contributed by atoms with Crippen molar-refractivity contribution in [1.29, 1.82) is 0 Å². The summed E-state index contributed by atoms with van der Waals surface area (Å²) in [5.41, 5.74) is -0.00550. The topological polar surface area (TPSA) is 40.6 Å². The smallest absolute Gasteiger partial charge is 0.284 e. The molecule has 1 aromatic carbocycles. The van der Waals surface area contributed by atoms with Crippen LogP contribution in [0, 0.1) is 11.8 Å². The molecule has 134 valence electrons. The molecule has 1 saturated heterocycles. The molecular formula is C18H19F3N2O2. The summed E-state index contributed by atoms with van der Waals surface area (Å²) in [5, 5.41) is 0. The monoisotopic (exact) mass is 352 g/mol. The van der Waals surface area contributed by atoms with Crippen molar-refractivity contribution in [1.82, 2.24) is 9.80 Å². The van der Waals surface area contributed by atoms with E-state index in [-0.39, 0.29) is 30.3 Å². The second-order valence-electron chi connectivity index (χ2n) is 6.61. The number of halogens is 3. The number of carbonyl (C=O) groups excluding carboxylic acids is 2. The van der Waals surface area contributed by atoms with Crippen LogP contribution in [0.4, 0.5) is 13.2 Å². The lowest BCUT2D eigenvalue weighted by molar-refractivity contribution is -0.142. The van der Waals surface area contributed by atoms with Gasteiger partial charge in [0, 0.05) is 6.54 Å². The first-order chi connectivity index (χ1) is 11.8. The Labute approximate surface area is 143 Å². The Bertz CT molecular complexity index is 671. The number of hydrogen-bond acceptors (Lipinski definition) is 3. The van der Waals surface area contributed by atoms with Crippen molar-refractivity contribution in [3.8, 4) is 0 Å². The van der Waals surface area contributed by atoms with Crippen LogP contribution >= 0.6 is 0 Å². The SMILES string of the molecule is CN(Cc1ccc(C(F)(F)F)cc1)CN1C(=O)[C@H]2CC=CC[C@@H]2C1=O. The first-order valence-corrected chi connectivity index (χ1v) is 8.12. The van der Waals surface area contributed by atoms with E-state index in [1.807, 2.05) is 12.2 Å². The van der Waals surface area contributed by atoms with Crippen LogP contribution in [0.3, 0.4) is 0 Å². The molecule has 4 nitrogen and oxygen atoms in total. The van der Waals surface area contributed by atoms with Crippen molar-refractivity contribution in [3.63, 3.8) is 0 Å². The van der Waals surface area contributed by atoms with Gasteiger partial charge in [0.1, 0.15) is 0 Å². The van der Waals surface area contributed by atoms with E-state index >= 15 is 0 Å². The summed E-state index contributed by atoms with van der Waals surface area (Å²) in [6.45, 7) is 0.495. The van der Waals surface area contributed by atoms with Crippen LogP contribution in [0.25, 0.3) is 0 Å². The highest BCUT2D eigenvalue weighted by Crippen LogP contribution is 2.35. The standard InChI is InChI=1S/C18H19F3N2O2/c1-22(10-12-6-8-13(9-7-12)18(19,20)21)11-23-16(24)14-4-2-3-5-15(14)17(23)25/h2-3,6-9,14-15H,4-5,10-11H2,1H3/t14-,15-/m0/s1. The van der Waals surface area contributed by atoms with Crippen LogP contribution in [0.1, 0.15) is 24.0 Å². The van der Waals surface area contributed by atoms with Crippen LogP contribution in [0.2, 0.25) is 0 Å². The van der Waals surface area contributed by atoms with E-state index in [9.17, 15) is 22.8 Å². The van der Waals surface area contributed by atoms with Gasteiger partial charge in [-0.25, -0.2) is 0 Å². The minimum atomic E-state index is -4.36. The minimum Gasteiger partial charge on any atom is -0.284 e. The Morgan fingerprint density at radius 3 is 2.04 bits per heavy atom. The third-order valence-electron chi connectivity index (χ3n) is 4.72. The molecule has 3 rings (SSSR count). The summed E-state index contributed by atoms with van der Waals surface area (Å²) in [4.78, 5) is 27.8. The molecule has 0 spiro atoms. The number of hydrogen-bond donors (Lipinski definition) is 0. The second-order valence-corrected chi connectivity index (χ2v) is 6.61. The largest absolute Gasteiger partial charge is 0.416 e. The van der Waals surface area contributed by atoms with Crippen LogP contribution in [0.15, 0.2) is 36.4 Å². The molecule has 0 radical (unpaired) electrons. The van der Waals surface area contributed by atoms with Gasteiger partial charge in [0.2, 0.25) is 11.8 Å². The quantitative estimate of drug-likeness (QED) is 0.618. The average molecular weight is 352 g/mol. The van der Waals surface area contributed by atoms with E-state index in [0.717, 1.165) is 12.1 Å². The Balaban J connectivity index is 1.62. The molecule has 25 heavy (non-hydrogen) atoms. The Morgan fingerprint density at radius 2 is 1.56 bits per heavy atom. The van der Waals surface area contributed by atoms with E-state index in [1.165, 1.54) is 17.0 Å². The highest BCUT2D eigenvalue weighted by molar-refractivity contribution is 6.05. The van der Waals surface area contributed by atoms with Gasteiger partial charge in [-0.15, -0.1) is 0 Å². The summed E-state index contributed by atoms with van der Waals surface area (Å²) in [7, 11) is 1.73. The molecule has 7 heteroatoms. The predicted octanol–water partition coefficient (Wildman–Crippen LogP) is 3.05. The lowest BCUT2D eigenvalue weighted by Gasteiger charge is -2.23. The van der Waals surface area contributed by atoms with Crippen molar-refractivity contribution < 1.29 is 22.8 Å². The molecule has 1 fully saturated rings. The Morgan fingerprint density at radius 1 is 1.04 bits per heavy atom. The van der Waals surface area contributed by atoms with Crippen molar-refractivity contribution in [2.75, 3.05) is 13.7 Å². The predicted molar refractivity (Wildman–Crippen MR) is 85.0 cm³/mol. The van der Waals surface area contributed by atoms with E-state index in [2.05, 4.69) is 0 Å². The average Bonchev–Trinajstić information content (AvgIpc) is 2.80. The maximum Gasteiger partial charge on any atom is 0.416 e. The fourth-order valence-electron chi connectivity index (χ4n) is 3.41. The lowest BCUT2D eigenvalue weighted by atomic mass is 9.85. The maximum atomic E-state index is 12.6. The molecular weight excluding hydrogens is 333 g/mol. The van der Waals surface area contributed by atoms with Gasteiger partial charge in [0.25, 0.3) is 0 Å². The summed E-state index contributed by atoms with van der Waals surface area (Å²) in [5.74, 6) is -0.842. The van der Waals surface area contributed by atoms with Gasteiger partial charge in [-0.05, 0) is 37.6 Å². The third-order valence-corrected chi connectivity index (χ3v) is 4.72. The fourth-order valence-corrected chi connectivity index (χ4v) is 3.41. The second kappa shape index (κ2) is 6.63. The first-order valence-electron chi connectivity index (χ1n) is 8.12. The van der Waals surface area contributed by atoms with Gasteiger partial charge in [0.05, 0.1) is 24.1 Å². The van der Waals surface area contributed by atoms with Gasteiger partial charge in [-0.3, -0.25) is 19.4 Å². The number of alkyl halides is 3. The van der Waals surface area contributed by atoms with Crippen LogP contribution in [0.5, 0.6) is 0 Å². The zero-order valence-electron chi connectivity index (χ0n) is 13.8. The normalized spacial score (nSPS) is 23.5. The van der Waals surface area contributed by atoms with Crippen LogP contribution in [-0.2, 0) is 22.3 Å². The molecule has 2 amide bonds. The maximum absolute atomic E-state index is 12.6. The van der Waals surface area contributed by atoms with Gasteiger partial charge >= 0.3 is 6.18 Å². The number of fused-ring (bicyclic) bond motifs is 1. The molecule has 1 heterocycles. The Hall–Kier alpha value is -2.15. The molecule has 0 bridgehead atoms. The van der Waals surface area contributed by atoms with Gasteiger partial charge in [-0.1, -0.05) is 24.3 Å². The molecule has 2 atom stereocenters. The summed E-state index contributed by atoms with van der Waals surface area (Å²) in [6.07, 6.45) is 0.690. The van der Waals surface area contributed by atoms with Crippen molar-refractivity contribution >= 4 is 11.8 Å². The van der Waals surface area contributed by atoms with Gasteiger partial charge < -0.3 is 0 Å². The molecule has 0 unspecified atom stereocenters. The van der Waals surface area contributed by atoms with Crippen LogP contribution < -0.4 is 0 Å². The summed E-state index contributed by atoms with van der Waals surface area (Å²) >= 11 is 0. The van der Waals surface area contributed by atoms with E-state index in [4.69, 9.17) is 0 Å². The molecule has 1 aliphatic heterocycles. The minimum absolute atomic E-state index is 0.145. The van der Waals surface area contributed by atoms with Crippen molar-refractivity contribution in [3.05, 3.63) is 47.5 Å². The highest BCUT2D eigenvalue weighted by atomic mass is 19.4. The molecule has 0 N–H and O–H groups in total. The fraction of sp³-hybridized carbons (Fsp3) is 0.444. The van der Waals surface area contributed by atoms with E-state index < -0.39 is 11.7 Å².